The lowest BCUT2D eigenvalue weighted by atomic mass is 10.1. The zero-order valence-electron chi connectivity index (χ0n) is 13.5. The lowest BCUT2D eigenvalue weighted by molar-refractivity contribution is 0.647. The maximum Gasteiger partial charge on any atom is 0.171 e. The molecule has 8 heteroatoms. The van der Waals surface area contributed by atoms with Crippen LogP contribution in [0.3, 0.4) is 0 Å². The Morgan fingerprint density at radius 2 is 2.16 bits per heavy atom. The van der Waals surface area contributed by atoms with Gasteiger partial charge in [0.05, 0.1) is 42.8 Å². The van der Waals surface area contributed by atoms with Crippen molar-refractivity contribution in [2.24, 2.45) is 0 Å². The molecule has 0 radical (unpaired) electrons. The van der Waals surface area contributed by atoms with Gasteiger partial charge in [-0.3, -0.25) is 0 Å². The van der Waals surface area contributed by atoms with Crippen LogP contribution in [0.5, 0.6) is 0 Å². The van der Waals surface area contributed by atoms with Crippen LogP contribution < -0.4 is 0 Å². The summed E-state index contributed by atoms with van der Waals surface area (Å²) in [6, 6.07) is 6.21. The molecular weight excluding hydrogens is 382 g/mol. The first kappa shape index (κ1) is 14.6. The number of rotatable bonds is 2. The Morgan fingerprint density at radius 3 is 3.00 bits per heavy atom. The van der Waals surface area contributed by atoms with E-state index in [9.17, 15) is 0 Å². The molecule has 0 spiro atoms. The molecule has 1 aromatic carbocycles. The lowest BCUT2D eigenvalue weighted by Crippen LogP contribution is -2.07. The topological polar surface area (TPSA) is 66.3 Å². The monoisotopic (exact) mass is 395 g/mol. The van der Waals surface area contributed by atoms with E-state index < -0.39 is 0 Å². The van der Waals surface area contributed by atoms with Crippen LogP contribution in [0.2, 0.25) is 0 Å². The third kappa shape index (κ3) is 2.32. The normalized spacial score (nSPS) is 12.4. The number of nitrogens with zero attached hydrogens (tertiary/aromatic N) is 7. The van der Waals surface area contributed by atoms with Crippen molar-refractivity contribution in [3.8, 4) is 17.1 Å². The minimum absolute atomic E-state index is 0.599. The van der Waals surface area contributed by atoms with Gasteiger partial charge in [0, 0.05) is 22.4 Å². The molecule has 5 rings (SSSR count). The number of aromatic nitrogens is 7. The van der Waals surface area contributed by atoms with E-state index in [-0.39, 0.29) is 0 Å². The highest BCUT2D eigenvalue weighted by Crippen LogP contribution is 2.33. The molecular formula is C17H14BrN7. The maximum absolute atomic E-state index is 4.81. The minimum atomic E-state index is 0.599. The van der Waals surface area contributed by atoms with Crippen molar-refractivity contribution in [3.05, 3.63) is 64.9 Å². The van der Waals surface area contributed by atoms with Gasteiger partial charge in [0.25, 0.3) is 0 Å². The first-order valence-electron chi connectivity index (χ1n) is 7.91. The van der Waals surface area contributed by atoms with Gasteiger partial charge in [-0.15, -0.1) is 0 Å². The number of halogens is 1. The molecule has 0 unspecified atom stereocenters. The summed E-state index contributed by atoms with van der Waals surface area (Å²) in [7, 11) is 0. The molecule has 0 fully saturated rings. The highest BCUT2D eigenvalue weighted by atomic mass is 79.9. The molecule has 1 aliphatic heterocycles. The fourth-order valence-corrected chi connectivity index (χ4v) is 3.57. The van der Waals surface area contributed by atoms with Crippen LogP contribution in [0.4, 0.5) is 0 Å². The van der Waals surface area contributed by atoms with Crippen molar-refractivity contribution in [3.63, 3.8) is 0 Å². The third-order valence-corrected chi connectivity index (χ3v) is 4.93. The van der Waals surface area contributed by atoms with E-state index in [4.69, 9.17) is 10.1 Å². The molecule has 4 aromatic rings. The second kappa shape index (κ2) is 5.38. The molecule has 0 saturated heterocycles. The first-order valence-corrected chi connectivity index (χ1v) is 8.71. The molecule has 25 heavy (non-hydrogen) atoms. The molecule has 3 aromatic heterocycles. The average molecular weight is 396 g/mol. The number of benzene rings is 1. The van der Waals surface area contributed by atoms with Gasteiger partial charge in [0.2, 0.25) is 0 Å². The van der Waals surface area contributed by atoms with Gasteiger partial charge in [-0.05, 0) is 25.1 Å². The maximum atomic E-state index is 4.81. The van der Waals surface area contributed by atoms with Gasteiger partial charge in [-0.1, -0.05) is 15.9 Å². The van der Waals surface area contributed by atoms with Gasteiger partial charge in [-0.2, -0.15) is 5.10 Å². The predicted octanol–water partition coefficient (Wildman–Crippen LogP) is 2.81. The highest BCUT2D eigenvalue weighted by Gasteiger charge is 2.24. The molecule has 0 N–H and O–H groups in total. The van der Waals surface area contributed by atoms with Crippen LogP contribution in [-0.4, -0.2) is 33.9 Å². The number of fused-ring (bicyclic) bond motifs is 5. The van der Waals surface area contributed by atoms with E-state index in [1.165, 1.54) is 0 Å². The van der Waals surface area contributed by atoms with E-state index in [1.807, 2.05) is 34.8 Å². The summed E-state index contributed by atoms with van der Waals surface area (Å²) >= 11 is 3.57. The van der Waals surface area contributed by atoms with Crippen molar-refractivity contribution < 1.29 is 0 Å². The molecule has 124 valence electrons. The van der Waals surface area contributed by atoms with E-state index in [2.05, 4.69) is 42.6 Å². The standard InChI is InChI=1S/C17H14BrN7/c1-11-15-7-25-17(21-16(22-25)8-23-5-4-19-9-23)13-6-12(18)2-3-14(13)24(15)10-20-11/h2-6,9-10H,7-8H2,1H3. The Hall–Kier alpha value is -2.74. The summed E-state index contributed by atoms with van der Waals surface area (Å²) in [5, 5.41) is 4.73. The molecule has 0 saturated carbocycles. The summed E-state index contributed by atoms with van der Waals surface area (Å²) in [5.41, 5.74) is 4.24. The van der Waals surface area contributed by atoms with Gasteiger partial charge < -0.3 is 9.13 Å². The van der Waals surface area contributed by atoms with Crippen LogP contribution in [0.1, 0.15) is 17.2 Å². The van der Waals surface area contributed by atoms with Crippen LogP contribution in [0, 0.1) is 6.92 Å². The van der Waals surface area contributed by atoms with E-state index in [0.29, 0.717) is 13.1 Å². The molecule has 4 heterocycles. The minimum Gasteiger partial charge on any atom is -0.330 e. The van der Waals surface area contributed by atoms with Crippen LogP contribution in [0.15, 0.2) is 47.7 Å². The lowest BCUT2D eigenvalue weighted by Gasteiger charge is -2.08. The Kier molecular flexibility index (Phi) is 3.14. The molecule has 0 bridgehead atoms. The predicted molar refractivity (Wildman–Crippen MR) is 95.4 cm³/mol. The number of aryl methyl sites for hydroxylation is 1. The summed E-state index contributed by atoms with van der Waals surface area (Å²) in [6.07, 6.45) is 7.32. The van der Waals surface area contributed by atoms with Crippen LogP contribution >= 0.6 is 15.9 Å². The van der Waals surface area contributed by atoms with Gasteiger partial charge in [0.1, 0.15) is 0 Å². The smallest absolute Gasteiger partial charge is 0.171 e. The van der Waals surface area contributed by atoms with Crippen molar-refractivity contribution in [1.82, 2.24) is 33.9 Å². The van der Waals surface area contributed by atoms with Gasteiger partial charge >= 0.3 is 0 Å². The fourth-order valence-electron chi connectivity index (χ4n) is 3.21. The number of hydrogen-bond donors (Lipinski definition) is 0. The zero-order valence-corrected chi connectivity index (χ0v) is 15.1. The molecule has 0 amide bonds. The quantitative estimate of drug-likeness (QED) is 0.460. The Morgan fingerprint density at radius 1 is 1.24 bits per heavy atom. The fraction of sp³-hybridized carbons (Fsp3) is 0.176. The van der Waals surface area contributed by atoms with Crippen molar-refractivity contribution in [2.75, 3.05) is 0 Å². The molecule has 1 aliphatic rings. The largest absolute Gasteiger partial charge is 0.330 e. The van der Waals surface area contributed by atoms with Crippen molar-refractivity contribution in [1.29, 1.82) is 0 Å². The SMILES string of the molecule is Cc1ncn2c1Cn1nc(Cn3ccnc3)nc1-c1cc(Br)ccc1-2. The van der Waals surface area contributed by atoms with E-state index in [1.54, 1.807) is 12.5 Å². The average Bonchev–Trinajstić information content (AvgIpc) is 3.30. The number of hydrogen-bond acceptors (Lipinski definition) is 4. The Bertz CT molecular complexity index is 1070. The zero-order chi connectivity index (χ0) is 17.0. The van der Waals surface area contributed by atoms with Crippen LogP contribution in [0.25, 0.3) is 17.1 Å². The van der Waals surface area contributed by atoms with Gasteiger partial charge in [-0.25, -0.2) is 19.6 Å². The second-order valence-electron chi connectivity index (χ2n) is 6.05. The highest BCUT2D eigenvalue weighted by molar-refractivity contribution is 9.10. The molecule has 0 aliphatic carbocycles. The van der Waals surface area contributed by atoms with Crippen LogP contribution in [-0.2, 0) is 13.1 Å². The molecule has 7 nitrogen and oxygen atoms in total. The number of imidazole rings is 2. The summed E-state index contributed by atoms with van der Waals surface area (Å²) < 4.78 is 7.07. The Balaban J connectivity index is 1.70. The summed E-state index contributed by atoms with van der Waals surface area (Å²) in [6.45, 7) is 3.27. The first-order chi connectivity index (χ1) is 12.2. The van der Waals surface area contributed by atoms with Gasteiger partial charge in [0.15, 0.2) is 11.6 Å². The van der Waals surface area contributed by atoms with Crippen molar-refractivity contribution >= 4 is 15.9 Å². The summed E-state index contributed by atoms with van der Waals surface area (Å²) in [4.78, 5) is 13.4. The van der Waals surface area contributed by atoms with E-state index in [0.717, 1.165) is 38.8 Å². The third-order valence-electron chi connectivity index (χ3n) is 4.43. The second-order valence-corrected chi connectivity index (χ2v) is 6.97. The Labute approximate surface area is 152 Å². The molecule has 0 atom stereocenters. The van der Waals surface area contributed by atoms with Crippen molar-refractivity contribution in [2.45, 2.75) is 20.0 Å². The van der Waals surface area contributed by atoms with E-state index >= 15 is 0 Å². The summed E-state index contributed by atoms with van der Waals surface area (Å²) in [5.74, 6) is 1.64.